The maximum Gasteiger partial charge on any atom is 0.138 e. The number of nitrogens with zero attached hydrogens (tertiary/aromatic N) is 1. The van der Waals surface area contributed by atoms with Gasteiger partial charge in [0.25, 0.3) is 0 Å². The number of carbonyl (C=O) groups excluding carboxylic acids is 1. The normalized spacial score (nSPS) is 10.8. The van der Waals surface area contributed by atoms with Gasteiger partial charge in [-0.2, -0.15) is 0 Å². The first-order chi connectivity index (χ1) is 9.10. The third kappa shape index (κ3) is 5.03. The van der Waals surface area contributed by atoms with Crippen molar-refractivity contribution in [2.24, 2.45) is 0 Å². The molecule has 0 aliphatic carbocycles. The molecule has 0 radical (unpaired) electrons. The minimum Gasteiger partial charge on any atom is -0.496 e. The molecule has 3 nitrogen and oxygen atoms in total. The summed E-state index contributed by atoms with van der Waals surface area (Å²) in [6.45, 7) is 9.12. The Bertz CT molecular complexity index is 411. The first-order valence-corrected chi connectivity index (χ1v) is 6.98. The van der Waals surface area contributed by atoms with Gasteiger partial charge < -0.3 is 9.64 Å². The zero-order valence-electron chi connectivity index (χ0n) is 12.5. The molecule has 0 aliphatic rings. The molecule has 0 fully saturated rings. The molecule has 19 heavy (non-hydrogen) atoms. The molecule has 106 valence electrons. The van der Waals surface area contributed by atoms with Gasteiger partial charge in [-0.05, 0) is 26.1 Å². The Balaban J connectivity index is 2.59. The number of hydrogen-bond acceptors (Lipinski definition) is 3. The van der Waals surface area contributed by atoms with Crippen molar-refractivity contribution in [1.29, 1.82) is 0 Å². The quantitative estimate of drug-likeness (QED) is 0.722. The third-order valence-electron chi connectivity index (χ3n) is 3.42. The average molecular weight is 263 g/mol. The van der Waals surface area contributed by atoms with E-state index in [4.69, 9.17) is 4.74 Å². The number of ether oxygens (including phenoxy) is 1. The number of benzene rings is 1. The molecule has 0 heterocycles. The van der Waals surface area contributed by atoms with E-state index >= 15 is 0 Å². The van der Waals surface area contributed by atoms with Crippen molar-refractivity contribution in [3.63, 3.8) is 0 Å². The van der Waals surface area contributed by atoms with Crippen molar-refractivity contribution in [2.75, 3.05) is 26.7 Å². The van der Waals surface area contributed by atoms with Crippen LogP contribution in [0.3, 0.4) is 0 Å². The van der Waals surface area contributed by atoms with Gasteiger partial charge in [-0.15, -0.1) is 0 Å². The van der Waals surface area contributed by atoms with E-state index in [-0.39, 0.29) is 5.78 Å². The van der Waals surface area contributed by atoms with Crippen LogP contribution in [0.2, 0.25) is 0 Å². The van der Waals surface area contributed by atoms with Crippen molar-refractivity contribution in [1.82, 2.24) is 4.90 Å². The molecule has 1 aromatic carbocycles. The van der Waals surface area contributed by atoms with Crippen LogP contribution in [-0.2, 0) is 11.2 Å². The van der Waals surface area contributed by atoms with Gasteiger partial charge in [-0.1, -0.05) is 31.5 Å². The van der Waals surface area contributed by atoms with Gasteiger partial charge in [0.1, 0.15) is 11.5 Å². The van der Waals surface area contributed by atoms with Gasteiger partial charge in [0.15, 0.2) is 0 Å². The van der Waals surface area contributed by atoms with Crippen molar-refractivity contribution in [3.05, 3.63) is 29.3 Å². The molecule has 0 spiro atoms. The molecule has 3 heteroatoms. The molecule has 0 aliphatic heterocycles. The van der Waals surface area contributed by atoms with Crippen LogP contribution in [0.1, 0.15) is 31.4 Å². The van der Waals surface area contributed by atoms with Crippen LogP contribution in [0.4, 0.5) is 0 Å². The predicted molar refractivity (Wildman–Crippen MR) is 78.8 cm³/mol. The highest BCUT2D eigenvalue weighted by molar-refractivity contribution is 5.81. The van der Waals surface area contributed by atoms with Crippen LogP contribution in [0.25, 0.3) is 0 Å². The number of carbonyl (C=O) groups is 1. The summed E-state index contributed by atoms with van der Waals surface area (Å²) in [5, 5.41) is 0. The Labute approximate surface area is 116 Å². The zero-order chi connectivity index (χ0) is 14.3. The van der Waals surface area contributed by atoms with Gasteiger partial charge in [0.2, 0.25) is 0 Å². The van der Waals surface area contributed by atoms with Crippen LogP contribution < -0.4 is 4.74 Å². The third-order valence-corrected chi connectivity index (χ3v) is 3.42. The van der Waals surface area contributed by atoms with E-state index in [0.29, 0.717) is 12.8 Å². The molecule has 0 saturated carbocycles. The summed E-state index contributed by atoms with van der Waals surface area (Å²) in [5.74, 6) is 1.08. The molecular weight excluding hydrogens is 238 g/mol. The van der Waals surface area contributed by atoms with Crippen LogP contribution in [0.5, 0.6) is 5.75 Å². The van der Waals surface area contributed by atoms with Crippen molar-refractivity contribution in [2.45, 2.75) is 33.6 Å². The highest BCUT2D eigenvalue weighted by Crippen LogP contribution is 2.20. The summed E-state index contributed by atoms with van der Waals surface area (Å²) in [7, 11) is 1.65. The number of Topliss-reactive ketones (excluding diaryl/α,β-unsaturated/α-hetero) is 1. The van der Waals surface area contributed by atoms with E-state index < -0.39 is 0 Å². The molecule has 0 unspecified atom stereocenters. The predicted octanol–water partition coefficient (Wildman–Crippen LogP) is 2.85. The molecule has 1 rings (SSSR count). The molecule has 0 atom stereocenters. The fraction of sp³-hybridized carbons (Fsp3) is 0.562. The molecule has 0 N–H and O–H groups in total. The van der Waals surface area contributed by atoms with E-state index in [2.05, 4.69) is 18.7 Å². The highest BCUT2D eigenvalue weighted by Gasteiger charge is 2.10. The van der Waals surface area contributed by atoms with Crippen LogP contribution >= 0.6 is 0 Å². The van der Waals surface area contributed by atoms with Gasteiger partial charge in [0.05, 0.1) is 7.11 Å². The van der Waals surface area contributed by atoms with Gasteiger partial charge in [-0.3, -0.25) is 4.79 Å². The molecule has 0 saturated heterocycles. The van der Waals surface area contributed by atoms with Crippen molar-refractivity contribution < 1.29 is 9.53 Å². The summed E-state index contributed by atoms with van der Waals surface area (Å²) in [6.07, 6.45) is 1.07. The van der Waals surface area contributed by atoms with Crippen molar-refractivity contribution in [3.8, 4) is 5.75 Å². The minimum atomic E-state index is 0.274. The molecule has 0 aromatic heterocycles. The first-order valence-electron chi connectivity index (χ1n) is 6.98. The highest BCUT2D eigenvalue weighted by atomic mass is 16.5. The lowest BCUT2D eigenvalue weighted by atomic mass is 10.0. The van der Waals surface area contributed by atoms with E-state index in [1.807, 2.05) is 25.1 Å². The van der Waals surface area contributed by atoms with Crippen molar-refractivity contribution >= 4 is 5.78 Å². The molecule has 1 aromatic rings. The van der Waals surface area contributed by atoms with Gasteiger partial charge in [0, 0.05) is 24.9 Å². The second kappa shape index (κ2) is 7.95. The average Bonchev–Trinajstić information content (AvgIpc) is 2.40. The maximum absolute atomic E-state index is 12.0. The first kappa shape index (κ1) is 15.7. The number of rotatable bonds is 8. The van der Waals surface area contributed by atoms with E-state index in [9.17, 15) is 4.79 Å². The summed E-state index contributed by atoms with van der Waals surface area (Å²) in [6, 6.07) is 5.97. The zero-order valence-corrected chi connectivity index (χ0v) is 12.5. The largest absolute Gasteiger partial charge is 0.496 e. The Kier molecular flexibility index (Phi) is 6.57. The summed E-state index contributed by atoms with van der Waals surface area (Å²) < 4.78 is 5.31. The van der Waals surface area contributed by atoms with E-state index in [1.54, 1.807) is 7.11 Å². The summed E-state index contributed by atoms with van der Waals surface area (Å²) in [4.78, 5) is 14.3. The minimum absolute atomic E-state index is 0.274. The topological polar surface area (TPSA) is 29.5 Å². The number of aryl methyl sites for hydroxylation is 1. The maximum atomic E-state index is 12.0. The SMILES string of the molecule is CCN(CC)CCC(=O)Cc1cc(C)ccc1OC. The Hall–Kier alpha value is -1.35. The lowest BCUT2D eigenvalue weighted by Crippen LogP contribution is -2.26. The molecular formula is C16H25NO2. The van der Waals surface area contributed by atoms with Gasteiger partial charge >= 0.3 is 0 Å². The van der Waals surface area contributed by atoms with Crippen LogP contribution in [-0.4, -0.2) is 37.4 Å². The fourth-order valence-corrected chi connectivity index (χ4v) is 2.17. The van der Waals surface area contributed by atoms with E-state index in [1.165, 1.54) is 0 Å². The standard InChI is InChI=1S/C16H25NO2/c1-5-17(6-2)10-9-15(18)12-14-11-13(3)7-8-16(14)19-4/h7-8,11H,5-6,9-10,12H2,1-4H3. The monoisotopic (exact) mass is 263 g/mol. The molecule has 0 bridgehead atoms. The van der Waals surface area contributed by atoms with Gasteiger partial charge in [-0.25, -0.2) is 0 Å². The lowest BCUT2D eigenvalue weighted by molar-refractivity contribution is -0.118. The van der Waals surface area contributed by atoms with Crippen LogP contribution in [0.15, 0.2) is 18.2 Å². The Morgan fingerprint density at radius 3 is 2.53 bits per heavy atom. The lowest BCUT2D eigenvalue weighted by Gasteiger charge is -2.17. The summed E-state index contributed by atoms with van der Waals surface area (Å²) >= 11 is 0. The smallest absolute Gasteiger partial charge is 0.138 e. The van der Waals surface area contributed by atoms with Crippen LogP contribution in [0, 0.1) is 6.92 Å². The number of methoxy groups -OCH3 is 1. The van der Waals surface area contributed by atoms with E-state index in [0.717, 1.165) is 36.5 Å². The summed E-state index contributed by atoms with van der Waals surface area (Å²) in [5.41, 5.74) is 2.15. The number of ketones is 1. The number of hydrogen-bond donors (Lipinski definition) is 0. The Morgan fingerprint density at radius 2 is 1.95 bits per heavy atom. The fourth-order valence-electron chi connectivity index (χ4n) is 2.17. The second-order valence-electron chi connectivity index (χ2n) is 4.81. The molecule has 0 amide bonds. The Morgan fingerprint density at radius 1 is 1.26 bits per heavy atom. The second-order valence-corrected chi connectivity index (χ2v) is 4.81.